The normalized spacial score (nSPS) is 11.6. The Morgan fingerprint density at radius 2 is 1.59 bits per heavy atom. The first-order valence-corrected chi connectivity index (χ1v) is 6.07. The van der Waals surface area contributed by atoms with Crippen LogP contribution in [0.15, 0.2) is 47.1 Å². The maximum Gasteiger partial charge on any atom is 0.471 e. The summed E-state index contributed by atoms with van der Waals surface area (Å²) in [7, 11) is 0. The minimum absolute atomic E-state index is 0.167. The average Bonchev–Trinajstić information content (AvgIpc) is 2.97. The van der Waals surface area contributed by atoms with Gasteiger partial charge in [0.25, 0.3) is 0 Å². The van der Waals surface area contributed by atoms with Gasteiger partial charge in [-0.1, -0.05) is 29.4 Å². The van der Waals surface area contributed by atoms with Gasteiger partial charge < -0.3 is 4.52 Å². The summed E-state index contributed by atoms with van der Waals surface area (Å²) in [6, 6.07) is 9.16. The molecule has 0 fully saturated rings. The van der Waals surface area contributed by atoms with E-state index in [1.807, 2.05) is 0 Å². The second-order valence-corrected chi connectivity index (χ2v) is 4.37. The van der Waals surface area contributed by atoms with Crippen molar-refractivity contribution in [2.24, 2.45) is 0 Å². The van der Waals surface area contributed by atoms with Crippen molar-refractivity contribution in [3.8, 4) is 22.5 Å². The third-order valence-electron chi connectivity index (χ3n) is 2.87. The Labute approximate surface area is 121 Å². The molecule has 0 N–H and O–H groups in total. The standard InChI is InChI=1S/C14H7F4N3O/c15-11-7-10(5-6-19-11)8-1-3-9(4-2-8)12-20-13(22-21-12)14(16,17)18/h1-7H. The number of nitrogens with zero attached hydrogens (tertiary/aromatic N) is 3. The fraction of sp³-hybridized carbons (Fsp3) is 0.0714. The molecule has 0 atom stereocenters. The number of pyridine rings is 1. The Kier molecular flexibility index (Phi) is 3.36. The van der Waals surface area contributed by atoms with Crippen LogP contribution in [0.3, 0.4) is 0 Å². The quantitative estimate of drug-likeness (QED) is 0.531. The van der Waals surface area contributed by atoms with Crippen LogP contribution in [0.25, 0.3) is 22.5 Å². The van der Waals surface area contributed by atoms with E-state index in [0.29, 0.717) is 16.7 Å². The Hall–Kier alpha value is -2.77. The predicted molar refractivity (Wildman–Crippen MR) is 67.9 cm³/mol. The molecule has 0 saturated carbocycles. The number of benzene rings is 1. The van der Waals surface area contributed by atoms with Crippen molar-refractivity contribution in [2.75, 3.05) is 0 Å². The fourth-order valence-corrected chi connectivity index (χ4v) is 1.85. The number of rotatable bonds is 2. The van der Waals surface area contributed by atoms with Gasteiger partial charge in [0.1, 0.15) is 0 Å². The summed E-state index contributed by atoms with van der Waals surface area (Å²) in [5, 5.41) is 3.29. The summed E-state index contributed by atoms with van der Waals surface area (Å²) in [5.74, 6) is -2.18. The summed E-state index contributed by atoms with van der Waals surface area (Å²) in [6.45, 7) is 0. The van der Waals surface area contributed by atoms with Crippen LogP contribution >= 0.6 is 0 Å². The molecule has 22 heavy (non-hydrogen) atoms. The molecule has 0 aliphatic rings. The van der Waals surface area contributed by atoms with Gasteiger partial charge in [-0.2, -0.15) is 22.5 Å². The molecule has 0 aliphatic carbocycles. The lowest BCUT2D eigenvalue weighted by molar-refractivity contribution is -0.159. The van der Waals surface area contributed by atoms with Crippen LogP contribution in [0.5, 0.6) is 0 Å². The van der Waals surface area contributed by atoms with E-state index in [2.05, 4.69) is 19.6 Å². The molecule has 0 aliphatic heterocycles. The van der Waals surface area contributed by atoms with Crippen molar-refractivity contribution in [1.82, 2.24) is 15.1 Å². The molecule has 0 saturated heterocycles. The average molecular weight is 309 g/mol. The van der Waals surface area contributed by atoms with Crippen LogP contribution in [-0.4, -0.2) is 15.1 Å². The maximum atomic E-state index is 13.1. The van der Waals surface area contributed by atoms with Gasteiger partial charge in [-0.15, -0.1) is 0 Å². The van der Waals surface area contributed by atoms with Crippen LogP contribution in [-0.2, 0) is 6.18 Å². The number of hydrogen-bond donors (Lipinski definition) is 0. The van der Waals surface area contributed by atoms with E-state index in [-0.39, 0.29) is 5.82 Å². The Bertz CT molecular complexity index is 796. The topological polar surface area (TPSA) is 51.8 Å². The second kappa shape index (κ2) is 5.21. The molecular weight excluding hydrogens is 302 g/mol. The van der Waals surface area contributed by atoms with Crippen LogP contribution < -0.4 is 0 Å². The van der Waals surface area contributed by atoms with Crippen LogP contribution in [0.1, 0.15) is 5.89 Å². The highest BCUT2D eigenvalue weighted by molar-refractivity contribution is 5.67. The van der Waals surface area contributed by atoms with Gasteiger partial charge in [0.05, 0.1) is 0 Å². The first kappa shape index (κ1) is 14.2. The van der Waals surface area contributed by atoms with E-state index >= 15 is 0 Å². The predicted octanol–water partition coefficient (Wildman–Crippen LogP) is 3.96. The molecule has 0 spiro atoms. The number of aromatic nitrogens is 3. The van der Waals surface area contributed by atoms with E-state index in [4.69, 9.17) is 0 Å². The Morgan fingerprint density at radius 1 is 0.909 bits per heavy atom. The first-order valence-electron chi connectivity index (χ1n) is 6.07. The van der Waals surface area contributed by atoms with Crippen molar-refractivity contribution in [1.29, 1.82) is 0 Å². The molecule has 0 amide bonds. The van der Waals surface area contributed by atoms with Gasteiger partial charge in [0.2, 0.25) is 11.8 Å². The van der Waals surface area contributed by atoms with Gasteiger partial charge in [-0.05, 0) is 17.2 Å². The lowest BCUT2D eigenvalue weighted by Gasteiger charge is -2.02. The minimum Gasteiger partial charge on any atom is -0.329 e. The van der Waals surface area contributed by atoms with Crippen molar-refractivity contribution in [3.63, 3.8) is 0 Å². The van der Waals surface area contributed by atoms with Gasteiger partial charge in [0, 0.05) is 17.8 Å². The van der Waals surface area contributed by atoms with Crippen LogP contribution in [0, 0.1) is 5.95 Å². The second-order valence-electron chi connectivity index (χ2n) is 4.37. The largest absolute Gasteiger partial charge is 0.471 e. The molecule has 3 aromatic rings. The first-order chi connectivity index (χ1) is 10.4. The van der Waals surface area contributed by atoms with Crippen molar-refractivity contribution in [3.05, 3.63) is 54.4 Å². The summed E-state index contributed by atoms with van der Waals surface area (Å²) in [4.78, 5) is 6.75. The Balaban J connectivity index is 1.90. The van der Waals surface area contributed by atoms with Gasteiger partial charge in [-0.25, -0.2) is 4.98 Å². The Morgan fingerprint density at radius 3 is 2.18 bits per heavy atom. The fourth-order valence-electron chi connectivity index (χ4n) is 1.85. The molecule has 8 heteroatoms. The van der Waals surface area contributed by atoms with Gasteiger partial charge in [-0.3, -0.25) is 0 Å². The van der Waals surface area contributed by atoms with Gasteiger partial charge in [0.15, 0.2) is 0 Å². The lowest BCUT2D eigenvalue weighted by Crippen LogP contribution is -2.04. The van der Waals surface area contributed by atoms with E-state index in [0.717, 1.165) is 0 Å². The molecular formula is C14H7F4N3O. The molecule has 2 aromatic heterocycles. The molecule has 2 heterocycles. The maximum absolute atomic E-state index is 13.1. The molecule has 0 radical (unpaired) electrons. The summed E-state index contributed by atoms with van der Waals surface area (Å²) in [5.41, 5.74) is 1.64. The molecule has 0 bridgehead atoms. The number of halogens is 4. The monoisotopic (exact) mass is 309 g/mol. The van der Waals surface area contributed by atoms with Crippen LogP contribution in [0.4, 0.5) is 17.6 Å². The minimum atomic E-state index is -4.68. The number of hydrogen-bond acceptors (Lipinski definition) is 4. The van der Waals surface area contributed by atoms with E-state index in [1.165, 1.54) is 24.4 Å². The highest BCUT2D eigenvalue weighted by Gasteiger charge is 2.38. The van der Waals surface area contributed by atoms with E-state index in [9.17, 15) is 17.6 Å². The summed E-state index contributed by atoms with van der Waals surface area (Å²) >= 11 is 0. The molecule has 3 rings (SSSR count). The number of alkyl halides is 3. The van der Waals surface area contributed by atoms with Gasteiger partial charge >= 0.3 is 12.1 Å². The zero-order valence-corrected chi connectivity index (χ0v) is 10.8. The SMILES string of the molecule is Fc1cc(-c2ccc(-c3noc(C(F)(F)F)n3)cc2)ccn1. The molecule has 4 nitrogen and oxygen atoms in total. The van der Waals surface area contributed by atoms with Crippen LogP contribution in [0.2, 0.25) is 0 Å². The highest BCUT2D eigenvalue weighted by atomic mass is 19.4. The third kappa shape index (κ3) is 2.80. The van der Waals surface area contributed by atoms with E-state index < -0.39 is 18.0 Å². The lowest BCUT2D eigenvalue weighted by atomic mass is 10.1. The molecule has 1 aromatic carbocycles. The van der Waals surface area contributed by atoms with E-state index in [1.54, 1.807) is 18.2 Å². The zero-order chi connectivity index (χ0) is 15.7. The summed E-state index contributed by atoms with van der Waals surface area (Å²) in [6.07, 6.45) is -3.35. The van der Waals surface area contributed by atoms with Crippen molar-refractivity contribution in [2.45, 2.75) is 6.18 Å². The summed E-state index contributed by atoms with van der Waals surface area (Å²) < 4.78 is 54.4. The highest BCUT2D eigenvalue weighted by Crippen LogP contribution is 2.30. The molecule has 112 valence electrons. The van der Waals surface area contributed by atoms with Crippen molar-refractivity contribution >= 4 is 0 Å². The molecule has 0 unspecified atom stereocenters. The smallest absolute Gasteiger partial charge is 0.329 e. The zero-order valence-electron chi connectivity index (χ0n) is 10.8. The van der Waals surface area contributed by atoms with Crippen molar-refractivity contribution < 1.29 is 22.1 Å². The third-order valence-corrected chi connectivity index (χ3v) is 2.87.